The molecule has 1 aromatic rings. The number of halogens is 3. The Hall–Kier alpha value is -0.830. The van der Waals surface area contributed by atoms with Crippen LogP contribution in [0.2, 0.25) is 0 Å². The summed E-state index contributed by atoms with van der Waals surface area (Å²) >= 11 is 1.07. The van der Waals surface area contributed by atoms with Gasteiger partial charge in [0, 0.05) is 0 Å². The Kier molecular flexibility index (Phi) is 3.55. The maximum absolute atomic E-state index is 12.1. The van der Waals surface area contributed by atoms with E-state index in [1.807, 2.05) is 0 Å². The molecule has 1 heterocycles. The number of carboxylic acid groups (broad SMARTS) is 1. The van der Waals surface area contributed by atoms with Crippen LogP contribution < -0.4 is 0 Å². The molecule has 0 aliphatic heterocycles. The van der Waals surface area contributed by atoms with Gasteiger partial charge in [0.25, 0.3) is 0 Å². The lowest BCUT2D eigenvalue weighted by Crippen LogP contribution is -2.10. The third-order valence-corrected chi connectivity index (χ3v) is 3.41. The second-order valence-corrected chi connectivity index (χ2v) is 5.03. The second kappa shape index (κ2) is 4.35. The van der Waals surface area contributed by atoms with Crippen LogP contribution in [0.3, 0.4) is 0 Å². The summed E-state index contributed by atoms with van der Waals surface area (Å²) in [6.07, 6.45) is -4.52. The van der Waals surface area contributed by atoms with Crippen molar-refractivity contribution in [2.24, 2.45) is 0 Å². The summed E-state index contributed by atoms with van der Waals surface area (Å²) in [6.45, 7) is 1.36. The lowest BCUT2D eigenvalue weighted by molar-refractivity contribution is -0.138. The molecule has 0 spiro atoms. The van der Waals surface area contributed by atoms with Crippen molar-refractivity contribution < 1.29 is 23.1 Å². The highest BCUT2D eigenvalue weighted by molar-refractivity contribution is 8.02. The Bertz CT molecular complexity index is 366. The molecule has 0 bridgehead atoms. The monoisotopic (exact) mass is 258 g/mol. The van der Waals surface area contributed by atoms with E-state index in [0.29, 0.717) is 11.3 Å². The number of rotatable bonds is 3. The summed E-state index contributed by atoms with van der Waals surface area (Å²) in [5, 5.41) is 12.8. The Morgan fingerprint density at radius 3 is 2.53 bits per heavy atom. The normalized spacial score (nSPS) is 13.9. The van der Waals surface area contributed by atoms with Crippen LogP contribution in [0.1, 0.15) is 11.9 Å². The molecule has 4 nitrogen and oxygen atoms in total. The number of carboxylic acids is 1. The van der Waals surface area contributed by atoms with Crippen molar-refractivity contribution in [1.29, 1.82) is 0 Å². The lowest BCUT2D eigenvalue weighted by atomic mass is 10.5. The molecule has 0 fully saturated rings. The molecule has 0 radical (unpaired) electrons. The zero-order valence-electron chi connectivity index (χ0n) is 7.28. The summed E-state index contributed by atoms with van der Waals surface area (Å²) < 4.78 is 36.2. The average molecular weight is 258 g/mol. The van der Waals surface area contributed by atoms with Gasteiger partial charge in [0.05, 0.1) is 0 Å². The van der Waals surface area contributed by atoms with Gasteiger partial charge >= 0.3 is 12.1 Å². The van der Waals surface area contributed by atoms with Crippen LogP contribution in [-0.2, 0) is 11.0 Å². The molecular weight excluding hydrogens is 253 g/mol. The maximum Gasteiger partial charge on any atom is 0.445 e. The Morgan fingerprint density at radius 1 is 1.53 bits per heavy atom. The van der Waals surface area contributed by atoms with Crippen LogP contribution in [0.5, 0.6) is 0 Å². The van der Waals surface area contributed by atoms with E-state index in [1.54, 1.807) is 0 Å². The van der Waals surface area contributed by atoms with Gasteiger partial charge in [-0.1, -0.05) is 23.1 Å². The minimum absolute atomic E-state index is 0.00257. The van der Waals surface area contributed by atoms with Crippen LogP contribution in [0.25, 0.3) is 0 Å². The smallest absolute Gasteiger partial charge is 0.445 e. The number of hydrogen-bond acceptors (Lipinski definition) is 5. The van der Waals surface area contributed by atoms with E-state index >= 15 is 0 Å². The van der Waals surface area contributed by atoms with E-state index in [0.717, 1.165) is 11.8 Å². The summed E-state index contributed by atoms with van der Waals surface area (Å²) in [4.78, 5) is 10.4. The lowest BCUT2D eigenvalue weighted by Gasteiger charge is -2.00. The molecule has 1 aromatic heterocycles. The van der Waals surface area contributed by atoms with E-state index in [2.05, 4.69) is 10.2 Å². The highest BCUT2D eigenvalue weighted by atomic mass is 32.2. The average Bonchev–Trinajstić information content (AvgIpc) is 2.51. The maximum atomic E-state index is 12.1. The standard InChI is InChI=1S/C6H5F3N2O2S2/c1-2(3(12)13)14-5-11-10-4(15-5)6(7,8)9/h2H,1H3,(H,12,13). The molecule has 0 amide bonds. The third-order valence-electron chi connectivity index (χ3n) is 1.27. The predicted molar refractivity (Wildman–Crippen MR) is 47.9 cm³/mol. The Morgan fingerprint density at radius 2 is 2.13 bits per heavy atom. The van der Waals surface area contributed by atoms with Gasteiger partial charge in [-0.2, -0.15) is 13.2 Å². The molecule has 1 atom stereocenters. The predicted octanol–water partition coefficient (Wildman–Crippen LogP) is 2.12. The molecule has 15 heavy (non-hydrogen) atoms. The first-order valence-electron chi connectivity index (χ1n) is 3.61. The Balaban J connectivity index is 2.73. The van der Waals surface area contributed by atoms with E-state index in [9.17, 15) is 18.0 Å². The fraction of sp³-hybridized carbons (Fsp3) is 0.500. The van der Waals surface area contributed by atoms with Crippen molar-refractivity contribution >= 4 is 29.1 Å². The molecule has 0 aromatic carbocycles. The van der Waals surface area contributed by atoms with E-state index in [1.165, 1.54) is 6.92 Å². The first-order chi connectivity index (χ1) is 6.80. The first kappa shape index (κ1) is 12.2. The zero-order valence-corrected chi connectivity index (χ0v) is 8.91. The summed E-state index contributed by atoms with van der Waals surface area (Å²) in [7, 11) is 0. The van der Waals surface area contributed by atoms with Crippen molar-refractivity contribution in [3.8, 4) is 0 Å². The largest absolute Gasteiger partial charge is 0.480 e. The number of carbonyl (C=O) groups is 1. The van der Waals surface area contributed by atoms with Crippen molar-refractivity contribution in [2.45, 2.75) is 22.7 Å². The van der Waals surface area contributed by atoms with Crippen molar-refractivity contribution in [1.82, 2.24) is 10.2 Å². The van der Waals surface area contributed by atoms with Crippen LogP contribution >= 0.6 is 23.1 Å². The molecule has 0 saturated heterocycles. The molecular formula is C6H5F3N2O2S2. The van der Waals surface area contributed by atoms with Crippen molar-refractivity contribution in [3.63, 3.8) is 0 Å². The topological polar surface area (TPSA) is 63.1 Å². The van der Waals surface area contributed by atoms with E-state index < -0.39 is 22.4 Å². The van der Waals surface area contributed by atoms with Gasteiger partial charge in [0.2, 0.25) is 5.01 Å². The molecule has 1 unspecified atom stereocenters. The molecule has 1 rings (SSSR count). The number of hydrogen-bond donors (Lipinski definition) is 1. The minimum atomic E-state index is -4.52. The fourth-order valence-electron chi connectivity index (χ4n) is 0.574. The highest BCUT2D eigenvalue weighted by Crippen LogP contribution is 2.35. The number of aliphatic carboxylic acids is 1. The van der Waals surface area contributed by atoms with Gasteiger partial charge < -0.3 is 5.11 Å². The quantitative estimate of drug-likeness (QED) is 0.841. The van der Waals surface area contributed by atoms with Crippen LogP contribution in [0.15, 0.2) is 4.34 Å². The molecule has 1 N–H and O–H groups in total. The van der Waals surface area contributed by atoms with Crippen molar-refractivity contribution in [2.75, 3.05) is 0 Å². The molecule has 9 heteroatoms. The molecule has 0 aliphatic rings. The van der Waals surface area contributed by atoms with Crippen LogP contribution in [0, 0.1) is 0 Å². The fourth-order valence-corrected chi connectivity index (χ4v) is 2.37. The van der Waals surface area contributed by atoms with Gasteiger partial charge in [-0.15, -0.1) is 10.2 Å². The number of alkyl halides is 3. The number of aromatic nitrogens is 2. The van der Waals surface area contributed by atoms with Gasteiger partial charge in [0.15, 0.2) is 4.34 Å². The van der Waals surface area contributed by atoms with E-state index in [-0.39, 0.29) is 4.34 Å². The minimum Gasteiger partial charge on any atom is -0.480 e. The van der Waals surface area contributed by atoms with Crippen molar-refractivity contribution in [3.05, 3.63) is 5.01 Å². The summed E-state index contributed by atoms with van der Waals surface area (Å²) in [5.41, 5.74) is 0. The third kappa shape index (κ3) is 3.34. The van der Waals surface area contributed by atoms with Gasteiger partial charge in [-0.25, -0.2) is 0 Å². The molecule has 0 aliphatic carbocycles. The van der Waals surface area contributed by atoms with E-state index in [4.69, 9.17) is 5.11 Å². The number of nitrogens with zero attached hydrogens (tertiary/aromatic N) is 2. The zero-order chi connectivity index (χ0) is 11.6. The van der Waals surface area contributed by atoms with Gasteiger partial charge in [0.1, 0.15) is 5.25 Å². The summed E-state index contributed by atoms with van der Waals surface area (Å²) in [5.74, 6) is -1.11. The van der Waals surface area contributed by atoms with Crippen LogP contribution in [-0.4, -0.2) is 26.5 Å². The summed E-state index contributed by atoms with van der Waals surface area (Å²) in [6, 6.07) is 0. The highest BCUT2D eigenvalue weighted by Gasteiger charge is 2.36. The Labute approximate surface area is 90.5 Å². The number of thioether (sulfide) groups is 1. The van der Waals surface area contributed by atoms with Crippen LogP contribution in [0.4, 0.5) is 13.2 Å². The second-order valence-electron chi connectivity index (χ2n) is 2.47. The SMILES string of the molecule is CC(Sc1nnc(C(F)(F)F)s1)C(=O)O. The van der Waals surface area contributed by atoms with Gasteiger partial charge in [-0.3, -0.25) is 4.79 Å². The first-order valence-corrected chi connectivity index (χ1v) is 5.30. The molecule has 0 saturated carbocycles. The molecule has 84 valence electrons. The van der Waals surface area contributed by atoms with Gasteiger partial charge in [-0.05, 0) is 6.92 Å².